The molecule has 1 fully saturated rings. The lowest BCUT2D eigenvalue weighted by atomic mass is 10.0. The number of ether oxygens (including phenoxy) is 1. The van der Waals surface area contributed by atoms with Crippen LogP contribution < -0.4 is 0 Å². The number of piperidine rings is 1. The number of amides is 1. The van der Waals surface area contributed by atoms with Crippen molar-refractivity contribution in [2.75, 3.05) is 20.2 Å². The first kappa shape index (κ1) is 17.1. The van der Waals surface area contributed by atoms with Gasteiger partial charge in [-0.3, -0.25) is 4.79 Å². The first-order valence-corrected chi connectivity index (χ1v) is 9.08. The van der Waals surface area contributed by atoms with Gasteiger partial charge in [0.1, 0.15) is 17.3 Å². The molecule has 1 saturated heterocycles. The Labute approximate surface area is 146 Å². The smallest absolute Gasteiger partial charge is 0.265 e. The molecule has 0 saturated carbocycles. The van der Waals surface area contributed by atoms with E-state index in [1.807, 2.05) is 24.9 Å². The van der Waals surface area contributed by atoms with E-state index in [-0.39, 0.29) is 5.91 Å². The second-order valence-electron chi connectivity index (χ2n) is 6.29. The number of methoxy groups -OCH3 is 1. The summed E-state index contributed by atoms with van der Waals surface area (Å²) in [4.78, 5) is 24.3. The Balaban J connectivity index is 1.69. The Hall–Kier alpha value is -1.73. The molecule has 0 atom stereocenters. The van der Waals surface area contributed by atoms with Gasteiger partial charge in [0.25, 0.3) is 5.91 Å². The molecule has 24 heavy (non-hydrogen) atoms. The summed E-state index contributed by atoms with van der Waals surface area (Å²) in [6.07, 6.45) is 3.78. The molecule has 3 rings (SSSR count). The van der Waals surface area contributed by atoms with Crippen molar-refractivity contribution >= 4 is 17.2 Å². The third kappa shape index (κ3) is 3.23. The van der Waals surface area contributed by atoms with Crippen molar-refractivity contribution in [3.05, 3.63) is 33.3 Å². The molecule has 7 heteroatoms. The van der Waals surface area contributed by atoms with E-state index >= 15 is 0 Å². The average Bonchev–Trinajstić information content (AvgIpc) is 3.09. The van der Waals surface area contributed by atoms with Gasteiger partial charge in [-0.25, -0.2) is 9.97 Å². The van der Waals surface area contributed by atoms with E-state index in [1.165, 1.54) is 11.3 Å². The summed E-state index contributed by atoms with van der Waals surface area (Å²) in [7, 11) is 1.69. The number of nitrogens with zero attached hydrogens (tertiary/aromatic N) is 4. The van der Waals surface area contributed by atoms with Crippen LogP contribution in [0.3, 0.4) is 0 Å². The number of aryl methyl sites for hydroxylation is 3. The van der Waals surface area contributed by atoms with Gasteiger partial charge in [0, 0.05) is 38.1 Å². The van der Waals surface area contributed by atoms with Crippen LogP contribution in [0.2, 0.25) is 0 Å². The normalized spacial score (nSPS) is 15.9. The number of carbonyl (C=O) groups is 1. The number of aromatic nitrogens is 3. The predicted octanol–water partition coefficient (Wildman–Crippen LogP) is 2.89. The van der Waals surface area contributed by atoms with Gasteiger partial charge in [-0.15, -0.1) is 11.3 Å². The van der Waals surface area contributed by atoms with Crippen molar-refractivity contribution in [2.45, 2.75) is 46.3 Å². The zero-order valence-corrected chi connectivity index (χ0v) is 15.5. The molecule has 6 nitrogen and oxygen atoms in total. The summed E-state index contributed by atoms with van der Waals surface area (Å²) in [5.74, 6) is 1.09. The van der Waals surface area contributed by atoms with Crippen molar-refractivity contribution in [1.29, 1.82) is 0 Å². The molecule has 2 aromatic rings. The molecule has 0 aliphatic carbocycles. The molecular formula is C17H24N4O2S. The number of likely N-dealkylation sites (tertiary alicyclic amines) is 1. The van der Waals surface area contributed by atoms with E-state index in [2.05, 4.69) is 21.5 Å². The van der Waals surface area contributed by atoms with Crippen molar-refractivity contribution in [3.63, 3.8) is 0 Å². The second-order valence-corrected chi connectivity index (χ2v) is 7.49. The Kier molecular flexibility index (Phi) is 5.01. The van der Waals surface area contributed by atoms with Gasteiger partial charge in [-0.05, 0) is 33.6 Å². The van der Waals surface area contributed by atoms with E-state index in [1.54, 1.807) is 7.11 Å². The SMILES string of the molecule is COCc1ncc(C)n1C1CCN(C(=O)c2sc(C)nc2C)CC1. The second kappa shape index (κ2) is 7.03. The fourth-order valence-electron chi connectivity index (χ4n) is 3.43. The summed E-state index contributed by atoms with van der Waals surface area (Å²) in [6.45, 7) is 7.99. The van der Waals surface area contributed by atoms with Gasteiger partial charge in [-0.1, -0.05) is 0 Å². The highest BCUT2D eigenvalue weighted by Crippen LogP contribution is 2.28. The van der Waals surface area contributed by atoms with Crippen LogP contribution in [0, 0.1) is 20.8 Å². The number of imidazole rings is 1. The van der Waals surface area contributed by atoms with Crippen LogP contribution in [0.1, 0.15) is 50.8 Å². The van der Waals surface area contributed by atoms with Crippen molar-refractivity contribution in [2.24, 2.45) is 0 Å². The number of rotatable bonds is 4. The summed E-state index contributed by atoms with van der Waals surface area (Å²) in [5.41, 5.74) is 2.00. The van der Waals surface area contributed by atoms with Gasteiger partial charge in [0.2, 0.25) is 0 Å². The highest BCUT2D eigenvalue weighted by atomic mass is 32.1. The molecule has 1 aliphatic heterocycles. The molecule has 3 heterocycles. The van der Waals surface area contributed by atoms with Gasteiger partial charge >= 0.3 is 0 Å². The Morgan fingerprint density at radius 3 is 2.62 bits per heavy atom. The minimum atomic E-state index is 0.121. The highest BCUT2D eigenvalue weighted by Gasteiger charge is 2.28. The minimum absolute atomic E-state index is 0.121. The molecule has 0 N–H and O–H groups in total. The van der Waals surface area contributed by atoms with Crippen LogP contribution >= 0.6 is 11.3 Å². The zero-order valence-electron chi connectivity index (χ0n) is 14.7. The lowest BCUT2D eigenvalue weighted by molar-refractivity contribution is 0.0693. The van der Waals surface area contributed by atoms with Crippen molar-refractivity contribution in [3.8, 4) is 0 Å². The monoisotopic (exact) mass is 348 g/mol. The van der Waals surface area contributed by atoms with Gasteiger partial charge in [0.15, 0.2) is 0 Å². The number of hydrogen-bond donors (Lipinski definition) is 0. The van der Waals surface area contributed by atoms with Crippen LogP contribution in [-0.4, -0.2) is 45.5 Å². The average molecular weight is 348 g/mol. The molecule has 0 bridgehead atoms. The first-order valence-electron chi connectivity index (χ1n) is 8.26. The van der Waals surface area contributed by atoms with Crippen LogP contribution in [0.25, 0.3) is 0 Å². The largest absolute Gasteiger partial charge is 0.377 e. The number of hydrogen-bond acceptors (Lipinski definition) is 5. The van der Waals surface area contributed by atoms with E-state index in [9.17, 15) is 4.79 Å². The van der Waals surface area contributed by atoms with Gasteiger partial charge in [0.05, 0.1) is 10.7 Å². The summed E-state index contributed by atoms with van der Waals surface area (Å²) < 4.78 is 7.52. The van der Waals surface area contributed by atoms with Crippen molar-refractivity contribution in [1.82, 2.24) is 19.4 Å². The number of thiazole rings is 1. The zero-order chi connectivity index (χ0) is 17.3. The Morgan fingerprint density at radius 2 is 2.04 bits per heavy atom. The molecular weight excluding hydrogens is 324 g/mol. The topological polar surface area (TPSA) is 60.2 Å². The van der Waals surface area contributed by atoms with E-state index < -0.39 is 0 Å². The van der Waals surface area contributed by atoms with Crippen LogP contribution in [0.15, 0.2) is 6.20 Å². The third-order valence-electron chi connectivity index (χ3n) is 4.55. The molecule has 0 aromatic carbocycles. The third-order valence-corrected chi connectivity index (χ3v) is 5.61. The summed E-state index contributed by atoms with van der Waals surface area (Å²) in [5, 5.41) is 0.948. The van der Waals surface area contributed by atoms with E-state index in [0.29, 0.717) is 12.6 Å². The summed E-state index contributed by atoms with van der Waals surface area (Å²) in [6, 6.07) is 0.381. The molecule has 2 aromatic heterocycles. The standard InChI is InChI=1S/C17H24N4O2S/c1-11-9-18-15(10-23-4)21(11)14-5-7-20(8-6-14)17(22)16-12(2)19-13(3)24-16/h9,14H,5-8,10H2,1-4H3. The van der Waals surface area contributed by atoms with Gasteiger partial charge in [-0.2, -0.15) is 0 Å². The van der Waals surface area contributed by atoms with Gasteiger partial charge < -0.3 is 14.2 Å². The van der Waals surface area contributed by atoms with Crippen molar-refractivity contribution < 1.29 is 9.53 Å². The lowest BCUT2D eigenvalue weighted by Crippen LogP contribution is -2.39. The summed E-state index contributed by atoms with van der Waals surface area (Å²) >= 11 is 1.49. The maximum absolute atomic E-state index is 12.7. The molecule has 0 unspecified atom stereocenters. The minimum Gasteiger partial charge on any atom is -0.377 e. The Morgan fingerprint density at radius 1 is 1.33 bits per heavy atom. The van der Waals surface area contributed by atoms with Crippen LogP contribution in [0.5, 0.6) is 0 Å². The number of carbonyl (C=O) groups excluding carboxylic acids is 1. The predicted molar refractivity (Wildman–Crippen MR) is 93.4 cm³/mol. The first-order chi connectivity index (χ1) is 11.5. The van der Waals surface area contributed by atoms with E-state index in [4.69, 9.17) is 4.74 Å². The lowest BCUT2D eigenvalue weighted by Gasteiger charge is -2.33. The maximum Gasteiger partial charge on any atom is 0.265 e. The quantitative estimate of drug-likeness (QED) is 0.852. The molecule has 1 aliphatic rings. The molecule has 1 amide bonds. The molecule has 0 spiro atoms. The van der Waals surface area contributed by atoms with Crippen LogP contribution in [-0.2, 0) is 11.3 Å². The van der Waals surface area contributed by atoms with Crippen LogP contribution in [0.4, 0.5) is 0 Å². The highest BCUT2D eigenvalue weighted by molar-refractivity contribution is 7.13. The van der Waals surface area contributed by atoms with E-state index in [0.717, 1.165) is 53.0 Å². The fraction of sp³-hybridized carbons (Fsp3) is 0.588. The fourth-order valence-corrected chi connectivity index (χ4v) is 4.32. The maximum atomic E-state index is 12.7. The molecule has 130 valence electrons. The Bertz CT molecular complexity index is 729. The molecule has 0 radical (unpaired) electrons.